The summed E-state index contributed by atoms with van der Waals surface area (Å²) in [4.78, 5) is 11.6. The Balaban J connectivity index is 1.93. The van der Waals surface area contributed by atoms with Gasteiger partial charge in [0, 0.05) is 6.04 Å². The number of hydrogen-bond donors (Lipinski definition) is 2. The van der Waals surface area contributed by atoms with Gasteiger partial charge < -0.3 is 9.73 Å². The molecule has 0 fully saturated rings. The minimum Gasteiger partial charge on any atom is -0.464 e. The molecule has 0 aliphatic rings. The maximum absolute atomic E-state index is 11.6. The number of nitrogens with one attached hydrogen (secondary N) is 2. The molecule has 2 aromatic heterocycles. The molecule has 0 radical (unpaired) electrons. The van der Waals surface area contributed by atoms with E-state index in [1.165, 1.54) is 11.8 Å². The number of furan rings is 1. The molecule has 0 saturated carbocycles. The summed E-state index contributed by atoms with van der Waals surface area (Å²) >= 11 is 1.50. The van der Waals surface area contributed by atoms with Crippen LogP contribution in [-0.2, 0) is 12.3 Å². The first-order chi connectivity index (χ1) is 10.1. The van der Waals surface area contributed by atoms with E-state index in [4.69, 9.17) is 4.42 Å². The van der Waals surface area contributed by atoms with Crippen molar-refractivity contribution in [3.8, 4) is 0 Å². The predicted octanol–water partition coefficient (Wildman–Crippen LogP) is 2.54. The third-order valence-electron chi connectivity index (χ3n) is 2.98. The molecule has 0 amide bonds. The zero-order valence-corrected chi connectivity index (χ0v) is 13.5. The molecule has 2 N–H and O–H groups in total. The van der Waals surface area contributed by atoms with Crippen LogP contribution < -0.4 is 11.0 Å². The Hall–Kier alpha value is -1.47. The van der Waals surface area contributed by atoms with Crippen molar-refractivity contribution in [1.82, 2.24) is 20.1 Å². The van der Waals surface area contributed by atoms with Gasteiger partial charge in [0.25, 0.3) is 0 Å². The van der Waals surface area contributed by atoms with Gasteiger partial charge in [-0.05, 0) is 38.9 Å². The van der Waals surface area contributed by atoms with Crippen molar-refractivity contribution in [1.29, 1.82) is 0 Å². The molecule has 6 nitrogen and oxygen atoms in total. The Bertz CT molecular complexity index is 615. The first kappa shape index (κ1) is 15.9. The highest BCUT2D eigenvalue weighted by atomic mass is 32.2. The van der Waals surface area contributed by atoms with Crippen molar-refractivity contribution in [2.24, 2.45) is 0 Å². The monoisotopic (exact) mass is 310 g/mol. The molecule has 0 spiro atoms. The summed E-state index contributed by atoms with van der Waals surface area (Å²) in [5.41, 5.74) is -0.170. The molecule has 0 saturated heterocycles. The molecule has 2 heterocycles. The van der Waals surface area contributed by atoms with Gasteiger partial charge >= 0.3 is 5.69 Å². The van der Waals surface area contributed by atoms with Gasteiger partial charge in [0.15, 0.2) is 5.16 Å². The van der Waals surface area contributed by atoms with E-state index in [9.17, 15) is 4.79 Å². The summed E-state index contributed by atoms with van der Waals surface area (Å²) in [5, 5.41) is 10.5. The third kappa shape index (κ3) is 4.25. The molecule has 0 aliphatic carbocycles. The quantitative estimate of drug-likeness (QED) is 0.579. The fourth-order valence-corrected chi connectivity index (χ4v) is 2.94. The molecular formula is C14H22N4O2S. The van der Waals surface area contributed by atoms with Gasteiger partial charge in [-0.2, -0.15) is 0 Å². The van der Waals surface area contributed by atoms with Crippen LogP contribution in [0.2, 0.25) is 0 Å². The maximum atomic E-state index is 11.6. The van der Waals surface area contributed by atoms with Crippen molar-refractivity contribution in [3.63, 3.8) is 0 Å². The Morgan fingerprint density at radius 3 is 2.90 bits per heavy atom. The Morgan fingerprint density at radius 1 is 1.43 bits per heavy atom. The molecule has 2 rings (SSSR count). The lowest BCUT2D eigenvalue weighted by molar-refractivity contribution is 0.459. The van der Waals surface area contributed by atoms with Crippen LogP contribution in [0.4, 0.5) is 0 Å². The van der Waals surface area contributed by atoms with E-state index in [1.54, 1.807) is 4.57 Å². The molecule has 0 unspecified atom stereocenters. The first-order valence-electron chi connectivity index (χ1n) is 7.19. The molecule has 21 heavy (non-hydrogen) atoms. The molecule has 7 heteroatoms. The van der Waals surface area contributed by atoms with Crippen LogP contribution in [-0.4, -0.2) is 21.3 Å². The van der Waals surface area contributed by atoms with Gasteiger partial charge in [-0.3, -0.25) is 4.57 Å². The summed E-state index contributed by atoms with van der Waals surface area (Å²) in [7, 11) is 0. The molecule has 2 aromatic rings. The molecule has 0 aromatic carbocycles. The zero-order chi connectivity index (χ0) is 15.2. The molecule has 0 bridgehead atoms. The molecular weight excluding hydrogens is 288 g/mol. The smallest absolute Gasteiger partial charge is 0.344 e. The second-order valence-electron chi connectivity index (χ2n) is 5.11. The van der Waals surface area contributed by atoms with Crippen LogP contribution in [0.25, 0.3) is 0 Å². The van der Waals surface area contributed by atoms with Crippen LogP contribution in [0.3, 0.4) is 0 Å². The average Bonchev–Trinajstić information content (AvgIpc) is 3.03. The van der Waals surface area contributed by atoms with Gasteiger partial charge in [-0.15, -0.1) is 5.10 Å². The van der Waals surface area contributed by atoms with E-state index in [0.717, 1.165) is 31.0 Å². The average molecular weight is 310 g/mol. The fourth-order valence-electron chi connectivity index (χ4n) is 1.97. The van der Waals surface area contributed by atoms with Gasteiger partial charge in [0.1, 0.15) is 11.5 Å². The summed E-state index contributed by atoms with van der Waals surface area (Å²) < 4.78 is 7.40. The van der Waals surface area contributed by atoms with E-state index in [0.29, 0.717) is 10.9 Å². The van der Waals surface area contributed by atoms with E-state index in [-0.39, 0.29) is 11.7 Å². The highest BCUT2D eigenvalue weighted by Gasteiger charge is 2.12. The second kappa shape index (κ2) is 7.51. The normalized spacial score (nSPS) is 11.4. The molecule has 0 atom stereocenters. The van der Waals surface area contributed by atoms with Crippen molar-refractivity contribution < 1.29 is 4.42 Å². The Morgan fingerprint density at radius 2 is 2.19 bits per heavy atom. The number of aromatic nitrogens is 3. The van der Waals surface area contributed by atoms with Crippen LogP contribution in [0.1, 0.15) is 44.8 Å². The summed E-state index contributed by atoms with van der Waals surface area (Å²) in [6.45, 7) is 7.79. The Labute approximate surface area is 128 Å². The summed E-state index contributed by atoms with van der Waals surface area (Å²) in [5.74, 6) is 2.48. The lowest BCUT2D eigenvalue weighted by atomic mass is 10.4. The van der Waals surface area contributed by atoms with Crippen molar-refractivity contribution in [2.45, 2.75) is 50.7 Å². The van der Waals surface area contributed by atoms with Gasteiger partial charge in [-0.25, -0.2) is 9.89 Å². The lowest BCUT2D eigenvalue weighted by Crippen LogP contribution is -2.19. The number of thioether (sulfide) groups is 1. The number of rotatable bonds is 8. The summed E-state index contributed by atoms with van der Waals surface area (Å²) in [6, 6.07) is 4.04. The number of H-pyrrole nitrogens is 1. The Kier molecular flexibility index (Phi) is 5.69. The molecule has 0 aliphatic heterocycles. The van der Waals surface area contributed by atoms with Gasteiger partial charge in [0.05, 0.1) is 12.3 Å². The van der Waals surface area contributed by atoms with Gasteiger partial charge in [0.2, 0.25) is 0 Å². The van der Waals surface area contributed by atoms with E-state index < -0.39 is 0 Å². The SMILES string of the molecule is CCCNCc1ccc(CSc2n[nH]c(=O)n2C(C)C)o1. The van der Waals surface area contributed by atoms with Crippen LogP contribution in [0, 0.1) is 0 Å². The number of nitrogens with zero attached hydrogens (tertiary/aromatic N) is 2. The minimum absolute atomic E-state index is 0.0872. The maximum Gasteiger partial charge on any atom is 0.344 e. The van der Waals surface area contributed by atoms with Crippen LogP contribution in [0.5, 0.6) is 0 Å². The molecule has 116 valence electrons. The standard InChI is InChI=1S/C14H22N4O2S/c1-4-7-15-8-11-5-6-12(20-11)9-21-14-17-16-13(19)18(14)10(2)3/h5-6,10,15H,4,7-9H2,1-3H3,(H,16,19). The number of aromatic amines is 1. The van der Waals surface area contributed by atoms with E-state index in [1.807, 2.05) is 26.0 Å². The largest absolute Gasteiger partial charge is 0.464 e. The summed E-state index contributed by atoms with van der Waals surface area (Å²) in [6.07, 6.45) is 1.11. The fraction of sp³-hybridized carbons (Fsp3) is 0.571. The van der Waals surface area contributed by atoms with E-state index >= 15 is 0 Å². The van der Waals surface area contributed by atoms with Crippen LogP contribution >= 0.6 is 11.8 Å². The predicted molar refractivity (Wildman–Crippen MR) is 83.5 cm³/mol. The van der Waals surface area contributed by atoms with E-state index in [2.05, 4.69) is 22.4 Å². The topological polar surface area (TPSA) is 75.8 Å². The zero-order valence-electron chi connectivity index (χ0n) is 12.7. The highest BCUT2D eigenvalue weighted by molar-refractivity contribution is 7.98. The first-order valence-corrected chi connectivity index (χ1v) is 8.18. The highest BCUT2D eigenvalue weighted by Crippen LogP contribution is 2.22. The van der Waals surface area contributed by atoms with Crippen molar-refractivity contribution in [2.75, 3.05) is 6.54 Å². The third-order valence-corrected chi connectivity index (χ3v) is 3.95. The second-order valence-corrected chi connectivity index (χ2v) is 6.05. The lowest BCUT2D eigenvalue weighted by Gasteiger charge is -2.07. The number of hydrogen-bond acceptors (Lipinski definition) is 5. The van der Waals surface area contributed by atoms with Gasteiger partial charge in [-0.1, -0.05) is 18.7 Å². The van der Waals surface area contributed by atoms with Crippen LogP contribution in [0.15, 0.2) is 26.5 Å². The minimum atomic E-state index is -0.170. The van der Waals surface area contributed by atoms with Crippen molar-refractivity contribution in [3.05, 3.63) is 34.1 Å². The van der Waals surface area contributed by atoms with Crippen molar-refractivity contribution >= 4 is 11.8 Å².